The Morgan fingerprint density at radius 1 is 1.14 bits per heavy atom. The van der Waals surface area contributed by atoms with Gasteiger partial charge in [-0.3, -0.25) is 0 Å². The average Bonchev–Trinajstić information content (AvgIpc) is 2.63. The van der Waals surface area contributed by atoms with Crippen LogP contribution in [0, 0.1) is 0 Å². The van der Waals surface area contributed by atoms with Gasteiger partial charge >= 0.3 is 0 Å². The maximum absolute atomic E-state index is 5.41. The molecule has 0 saturated heterocycles. The van der Waals surface area contributed by atoms with E-state index in [-0.39, 0.29) is 0 Å². The van der Waals surface area contributed by atoms with Crippen molar-refractivity contribution in [3.63, 3.8) is 0 Å². The lowest BCUT2D eigenvalue weighted by Crippen LogP contribution is -1.79. The molecule has 0 spiro atoms. The van der Waals surface area contributed by atoms with Crippen molar-refractivity contribution >= 4 is 18.0 Å². The van der Waals surface area contributed by atoms with E-state index >= 15 is 0 Å². The lowest BCUT2D eigenvalue weighted by molar-refractivity contribution is 0.416. The first-order valence-electron chi connectivity index (χ1n) is 4.30. The van der Waals surface area contributed by atoms with E-state index in [0.29, 0.717) is 11.6 Å². The van der Waals surface area contributed by atoms with Gasteiger partial charge < -0.3 is 10.3 Å². The Balaban J connectivity index is 2.15. The molecule has 1 heterocycles. The summed E-state index contributed by atoms with van der Waals surface area (Å²) >= 11 is 0. The van der Waals surface area contributed by atoms with Crippen molar-refractivity contribution in [1.29, 1.82) is 0 Å². The molecule has 3 heteroatoms. The number of aromatic nitrogens is 1. The third-order valence-electron chi connectivity index (χ3n) is 1.79. The maximum atomic E-state index is 5.41. The van der Waals surface area contributed by atoms with Crippen LogP contribution in [0.25, 0.3) is 12.2 Å². The molecular formula is C11H10N2O. The molecule has 0 atom stereocenters. The van der Waals surface area contributed by atoms with Gasteiger partial charge in [-0.05, 0) is 11.6 Å². The Hall–Kier alpha value is -2.03. The Labute approximate surface area is 81.8 Å². The molecule has 1 aromatic heterocycles. The van der Waals surface area contributed by atoms with E-state index in [9.17, 15) is 0 Å². The van der Waals surface area contributed by atoms with Gasteiger partial charge in [0.1, 0.15) is 0 Å². The Morgan fingerprint density at radius 3 is 2.57 bits per heavy atom. The van der Waals surface area contributed by atoms with Gasteiger partial charge in [0, 0.05) is 6.07 Å². The Morgan fingerprint density at radius 2 is 1.93 bits per heavy atom. The molecule has 2 aromatic rings. The van der Waals surface area contributed by atoms with Crippen LogP contribution in [0.1, 0.15) is 11.3 Å². The van der Waals surface area contributed by atoms with Crippen molar-refractivity contribution in [3.05, 3.63) is 47.7 Å². The first-order chi connectivity index (χ1) is 6.84. The molecule has 70 valence electrons. The van der Waals surface area contributed by atoms with Crippen LogP contribution < -0.4 is 5.73 Å². The molecule has 0 aliphatic heterocycles. The third-order valence-corrected chi connectivity index (χ3v) is 1.79. The zero-order valence-electron chi connectivity index (χ0n) is 7.55. The van der Waals surface area contributed by atoms with Crippen molar-refractivity contribution in [3.8, 4) is 0 Å². The SMILES string of the molecule is Nc1cc(C=Cc2ccccc2)on1. The Bertz CT molecular complexity index is 432. The standard InChI is InChI=1S/C11H10N2O/c12-11-8-10(14-13-11)7-6-9-4-2-1-3-5-9/h1-8H,(H2,12,13). The predicted molar refractivity (Wildman–Crippen MR) is 56.3 cm³/mol. The second kappa shape index (κ2) is 3.79. The largest absolute Gasteiger partial charge is 0.381 e. The highest BCUT2D eigenvalue weighted by Gasteiger charge is 1.94. The van der Waals surface area contributed by atoms with E-state index in [2.05, 4.69) is 5.16 Å². The molecule has 2 rings (SSSR count). The van der Waals surface area contributed by atoms with Crippen LogP contribution in [-0.2, 0) is 0 Å². The number of nitrogens with two attached hydrogens (primary N) is 1. The van der Waals surface area contributed by atoms with Crippen molar-refractivity contribution in [2.75, 3.05) is 5.73 Å². The number of rotatable bonds is 2. The Kier molecular flexibility index (Phi) is 2.32. The molecule has 0 fully saturated rings. The van der Waals surface area contributed by atoms with Crippen molar-refractivity contribution in [2.24, 2.45) is 0 Å². The molecule has 0 saturated carbocycles. The number of hydrogen-bond acceptors (Lipinski definition) is 3. The fourth-order valence-electron chi connectivity index (χ4n) is 1.12. The lowest BCUT2D eigenvalue weighted by Gasteiger charge is -1.88. The van der Waals surface area contributed by atoms with Crippen LogP contribution in [0.3, 0.4) is 0 Å². The van der Waals surface area contributed by atoms with Crippen molar-refractivity contribution in [2.45, 2.75) is 0 Å². The number of anilines is 1. The first-order valence-corrected chi connectivity index (χ1v) is 4.30. The lowest BCUT2D eigenvalue weighted by atomic mass is 10.2. The zero-order valence-corrected chi connectivity index (χ0v) is 7.55. The minimum atomic E-state index is 0.401. The topological polar surface area (TPSA) is 52.0 Å². The predicted octanol–water partition coefficient (Wildman–Crippen LogP) is 2.43. The van der Waals surface area contributed by atoms with E-state index < -0.39 is 0 Å². The molecule has 0 bridgehead atoms. The molecule has 0 radical (unpaired) electrons. The number of benzene rings is 1. The molecule has 14 heavy (non-hydrogen) atoms. The summed E-state index contributed by atoms with van der Waals surface area (Å²) in [4.78, 5) is 0. The van der Waals surface area contributed by atoms with E-state index in [1.165, 1.54) is 0 Å². The van der Waals surface area contributed by atoms with E-state index in [1.54, 1.807) is 6.07 Å². The average molecular weight is 186 g/mol. The van der Waals surface area contributed by atoms with Gasteiger partial charge in [0.05, 0.1) is 0 Å². The minimum Gasteiger partial charge on any atom is -0.381 e. The highest BCUT2D eigenvalue weighted by Crippen LogP contribution is 2.09. The van der Waals surface area contributed by atoms with E-state index in [1.807, 2.05) is 42.5 Å². The van der Waals surface area contributed by atoms with Crippen LogP contribution in [0.2, 0.25) is 0 Å². The van der Waals surface area contributed by atoms with Gasteiger partial charge in [0.25, 0.3) is 0 Å². The first kappa shape index (κ1) is 8.56. The summed E-state index contributed by atoms with van der Waals surface area (Å²) in [5.41, 5.74) is 6.52. The monoisotopic (exact) mass is 186 g/mol. The van der Waals surface area contributed by atoms with Crippen LogP contribution >= 0.6 is 0 Å². The normalized spacial score (nSPS) is 10.9. The summed E-state index contributed by atoms with van der Waals surface area (Å²) in [6.45, 7) is 0. The van der Waals surface area contributed by atoms with Crippen molar-refractivity contribution in [1.82, 2.24) is 5.16 Å². The summed E-state index contributed by atoms with van der Waals surface area (Å²) in [7, 11) is 0. The summed E-state index contributed by atoms with van der Waals surface area (Å²) in [6.07, 6.45) is 3.78. The number of nitrogens with zero attached hydrogens (tertiary/aromatic N) is 1. The van der Waals surface area contributed by atoms with Crippen LogP contribution in [0.4, 0.5) is 5.82 Å². The van der Waals surface area contributed by atoms with Gasteiger partial charge in [0.15, 0.2) is 11.6 Å². The van der Waals surface area contributed by atoms with Gasteiger partial charge in [0.2, 0.25) is 0 Å². The maximum Gasteiger partial charge on any atom is 0.167 e. The minimum absolute atomic E-state index is 0.401. The fraction of sp³-hybridized carbons (Fsp3) is 0. The summed E-state index contributed by atoms with van der Waals surface area (Å²) < 4.78 is 4.92. The molecule has 0 aliphatic rings. The molecule has 0 amide bonds. The fourth-order valence-corrected chi connectivity index (χ4v) is 1.12. The molecule has 3 nitrogen and oxygen atoms in total. The van der Waals surface area contributed by atoms with Crippen LogP contribution in [0.15, 0.2) is 40.9 Å². The van der Waals surface area contributed by atoms with E-state index in [0.717, 1.165) is 5.56 Å². The molecule has 0 unspecified atom stereocenters. The number of hydrogen-bond donors (Lipinski definition) is 1. The highest BCUT2D eigenvalue weighted by molar-refractivity contribution is 5.67. The zero-order chi connectivity index (χ0) is 9.80. The second-order valence-electron chi connectivity index (χ2n) is 2.90. The van der Waals surface area contributed by atoms with Gasteiger partial charge in [-0.15, -0.1) is 0 Å². The smallest absolute Gasteiger partial charge is 0.167 e. The molecule has 0 aliphatic carbocycles. The number of nitrogen functional groups attached to an aromatic ring is 1. The van der Waals surface area contributed by atoms with Gasteiger partial charge in [-0.2, -0.15) is 0 Å². The van der Waals surface area contributed by atoms with E-state index in [4.69, 9.17) is 10.3 Å². The van der Waals surface area contributed by atoms with Crippen LogP contribution in [0.5, 0.6) is 0 Å². The van der Waals surface area contributed by atoms with Crippen molar-refractivity contribution < 1.29 is 4.52 Å². The van der Waals surface area contributed by atoms with Crippen LogP contribution in [-0.4, -0.2) is 5.16 Å². The molecular weight excluding hydrogens is 176 g/mol. The molecule has 1 aromatic carbocycles. The van der Waals surface area contributed by atoms with Gasteiger partial charge in [-0.25, -0.2) is 0 Å². The third kappa shape index (κ3) is 2.01. The summed E-state index contributed by atoms with van der Waals surface area (Å²) in [6, 6.07) is 11.6. The second-order valence-corrected chi connectivity index (χ2v) is 2.90. The highest BCUT2D eigenvalue weighted by atomic mass is 16.5. The van der Waals surface area contributed by atoms with Gasteiger partial charge in [-0.1, -0.05) is 41.6 Å². The quantitative estimate of drug-likeness (QED) is 0.783. The summed E-state index contributed by atoms with van der Waals surface area (Å²) in [5, 5.41) is 3.58. The molecule has 2 N–H and O–H groups in total. The summed E-state index contributed by atoms with van der Waals surface area (Å²) in [5.74, 6) is 1.06.